The SMILES string of the molecule is CCCCCCc1ccc2nc(-c3ccc(C(=O)OC(F)C(F)(F)C(F)(F)C(F)(F)C(F)(F)COCCC)cc3)sc2c1. The van der Waals surface area contributed by atoms with E-state index in [2.05, 4.69) is 21.4 Å². The Labute approximate surface area is 246 Å². The molecule has 0 fully saturated rings. The van der Waals surface area contributed by atoms with Crippen LogP contribution >= 0.6 is 11.3 Å². The van der Waals surface area contributed by atoms with Gasteiger partial charge in [-0.25, -0.2) is 9.78 Å². The maximum absolute atomic E-state index is 14.2. The Hall–Kier alpha value is -2.87. The maximum atomic E-state index is 14.2. The molecule has 0 aliphatic heterocycles. The lowest BCUT2D eigenvalue weighted by Gasteiger charge is -2.37. The van der Waals surface area contributed by atoms with Crippen molar-refractivity contribution in [2.45, 2.75) is 82.4 Å². The van der Waals surface area contributed by atoms with E-state index in [-0.39, 0.29) is 6.42 Å². The van der Waals surface area contributed by atoms with Crippen LogP contribution in [-0.4, -0.2) is 54.2 Å². The highest BCUT2D eigenvalue weighted by Gasteiger charge is 2.83. The van der Waals surface area contributed by atoms with Gasteiger partial charge in [0.05, 0.1) is 15.8 Å². The number of benzene rings is 2. The highest BCUT2D eigenvalue weighted by atomic mass is 32.1. The third kappa shape index (κ3) is 7.44. The van der Waals surface area contributed by atoms with Crippen molar-refractivity contribution in [3.63, 3.8) is 0 Å². The fourth-order valence-electron chi connectivity index (χ4n) is 4.01. The predicted molar refractivity (Wildman–Crippen MR) is 144 cm³/mol. The van der Waals surface area contributed by atoms with Crippen molar-refractivity contribution >= 4 is 27.5 Å². The largest absolute Gasteiger partial charge is 0.420 e. The molecule has 0 aliphatic carbocycles. The molecule has 1 heterocycles. The molecule has 14 heteroatoms. The van der Waals surface area contributed by atoms with E-state index in [0.29, 0.717) is 16.1 Å². The zero-order valence-corrected chi connectivity index (χ0v) is 24.1. The van der Waals surface area contributed by atoms with E-state index < -0.39 is 54.8 Å². The maximum Gasteiger partial charge on any atom is 0.385 e. The molecule has 0 spiro atoms. The van der Waals surface area contributed by atoms with Crippen LogP contribution in [0.2, 0.25) is 0 Å². The van der Waals surface area contributed by atoms with Gasteiger partial charge in [0.15, 0.2) is 0 Å². The molecule has 1 aromatic heterocycles. The number of nitrogens with zero attached hydrogens (tertiary/aromatic N) is 1. The second-order valence-electron chi connectivity index (χ2n) is 9.96. The van der Waals surface area contributed by atoms with Crippen molar-refractivity contribution < 1.29 is 53.8 Å². The van der Waals surface area contributed by atoms with Gasteiger partial charge in [-0.3, -0.25) is 0 Å². The molecule has 0 radical (unpaired) electrons. The summed E-state index contributed by atoms with van der Waals surface area (Å²) in [7, 11) is 0. The van der Waals surface area contributed by atoms with Gasteiger partial charge in [-0.05, 0) is 49.1 Å². The molecule has 1 unspecified atom stereocenters. The second-order valence-corrected chi connectivity index (χ2v) is 11.0. The predicted octanol–water partition coefficient (Wildman–Crippen LogP) is 9.51. The molecular weight excluding hydrogens is 613 g/mol. The van der Waals surface area contributed by atoms with Crippen LogP contribution in [-0.2, 0) is 15.9 Å². The standard InChI is InChI=1S/C29H30F9NO3S/c1-3-5-6-7-8-18-9-14-21-22(16-18)43-23(39-21)19-10-12-20(13-11-19)24(40)42-25(30)27(33,34)29(37,38)28(35,36)26(31,32)17-41-15-4-2/h9-14,16,25H,3-8,15,17H2,1-2H3. The summed E-state index contributed by atoms with van der Waals surface area (Å²) in [5.74, 6) is -28.0. The molecule has 0 bridgehead atoms. The van der Waals surface area contributed by atoms with Crippen molar-refractivity contribution in [3.05, 3.63) is 53.6 Å². The van der Waals surface area contributed by atoms with Crippen molar-refractivity contribution in [2.24, 2.45) is 0 Å². The zero-order chi connectivity index (χ0) is 32.1. The van der Waals surface area contributed by atoms with Crippen LogP contribution in [0.15, 0.2) is 42.5 Å². The van der Waals surface area contributed by atoms with Crippen LogP contribution in [0.25, 0.3) is 20.8 Å². The monoisotopic (exact) mass is 643 g/mol. The molecule has 3 aromatic rings. The summed E-state index contributed by atoms with van der Waals surface area (Å²) in [5.41, 5.74) is 1.74. The number of aryl methyl sites for hydroxylation is 1. The number of thiazole rings is 1. The smallest absolute Gasteiger partial charge is 0.385 e. The average Bonchev–Trinajstić information content (AvgIpc) is 3.38. The molecule has 43 heavy (non-hydrogen) atoms. The molecule has 1 atom stereocenters. The molecular formula is C29H30F9NO3S. The number of fused-ring (bicyclic) bond motifs is 1. The van der Waals surface area contributed by atoms with E-state index >= 15 is 0 Å². The summed E-state index contributed by atoms with van der Waals surface area (Å²) in [6.07, 6.45) is 0.716. The Morgan fingerprint density at radius 3 is 2.19 bits per heavy atom. The number of esters is 1. The van der Waals surface area contributed by atoms with Crippen LogP contribution in [0.4, 0.5) is 39.5 Å². The van der Waals surface area contributed by atoms with Gasteiger partial charge in [0.25, 0.3) is 0 Å². The van der Waals surface area contributed by atoms with E-state index in [1.165, 1.54) is 30.4 Å². The van der Waals surface area contributed by atoms with Crippen LogP contribution in [0, 0.1) is 0 Å². The van der Waals surface area contributed by atoms with Crippen molar-refractivity contribution in [3.8, 4) is 10.6 Å². The molecule has 238 valence electrons. The van der Waals surface area contributed by atoms with Crippen LogP contribution in [0.5, 0.6) is 0 Å². The van der Waals surface area contributed by atoms with Gasteiger partial charge in [0.2, 0.25) is 0 Å². The first-order valence-corrected chi connectivity index (χ1v) is 14.3. The Kier molecular flexibility index (Phi) is 11.1. The number of aromatic nitrogens is 1. The van der Waals surface area contributed by atoms with Crippen LogP contribution in [0.1, 0.15) is 61.9 Å². The topological polar surface area (TPSA) is 48.4 Å². The van der Waals surface area contributed by atoms with Gasteiger partial charge < -0.3 is 9.47 Å². The van der Waals surface area contributed by atoms with Crippen molar-refractivity contribution in [1.82, 2.24) is 4.98 Å². The number of ether oxygens (including phenoxy) is 2. The van der Waals surface area contributed by atoms with Gasteiger partial charge in [0.1, 0.15) is 11.6 Å². The molecule has 2 aromatic carbocycles. The minimum Gasteiger partial charge on any atom is -0.420 e. The van der Waals surface area contributed by atoms with E-state index in [1.807, 2.05) is 18.2 Å². The van der Waals surface area contributed by atoms with Crippen LogP contribution in [0.3, 0.4) is 0 Å². The fourth-order valence-corrected chi connectivity index (χ4v) is 5.04. The summed E-state index contributed by atoms with van der Waals surface area (Å²) < 4.78 is 135. The van der Waals surface area contributed by atoms with E-state index in [9.17, 15) is 44.3 Å². The Morgan fingerprint density at radius 1 is 0.884 bits per heavy atom. The highest BCUT2D eigenvalue weighted by molar-refractivity contribution is 7.21. The number of carbonyl (C=O) groups is 1. The number of hydrogen-bond donors (Lipinski definition) is 0. The van der Waals surface area contributed by atoms with Crippen molar-refractivity contribution in [2.75, 3.05) is 13.2 Å². The molecule has 0 aliphatic rings. The van der Waals surface area contributed by atoms with Gasteiger partial charge >= 0.3 is 36.0 Å². The highest BCUT2D eigenvalue weighted by Crippen LogP contribution is 2.54. The second kappa shape index (κ2) is 13.8. The van der Waals surface area contributed by atoms with E-state index in [4.69, 9.17) is 0 Å². The third-order valence-electron chi connectivity index (χ3n) is 6.54. The summed E-state index contributed by atoms with van der Waals surface area (Å²) in [6, 6.07) is 10.5. The van der Waals surface area contributed by atoms with E-state index in [1.54, 1.807) is 0 Å². The minimum atomic E-state index is -6.97. The summed E-state index contributed by atoms with van der Waals surface area (Å²) in [5, 5.41) is 0.527. The Bertz CT molecular complexity index is 1360. The molecule has 0 amide bonds. The molecule has 0 saturated carbocycles. The molecule has 4 nitrogen and oxygen atoms in total. The van der Waals surface area contributed by atoms with Gasteiger partial charge in [-0.1, -0.05) is 51.3 Å². The first-order valence-electron chi connectivity index (χ1n) is 13.5. The number of halogens is 9. The summed E-state index contributed by atoms with van der Waals surface area (Å²) in [4.78, 5) is 16.7. The van der Waals surface area contributed by atoms with Gasteiger partial charge in [-0.15, -0.1) is 11.3 Å². The van der Waals surface area contributed by atoms with Crippen molar-refractivity contribution in [1.29, 1.82) is 0 Å². The summed E-state index contributed by atoms with van der Waals surface area (Å²) in [6.45, 7) is 0.647. The van der Waals surface area contributed by atoms with E-state index in [0.717, 1.165) is 54.5 Å². The first-order chi connectivity index (χ1) is 20.1. The number of rotatable bonds is 16. The average molecular weight is 644 g/mol. The molecule has 3 rings (SSSR count). The lowest BCUT2D eigenvalue weighted by molar-refractivity contribution is -0.392. The van der Waals surface area contributed by atoms with Gasteiger partial charge in [0, 0.05) is 12.2 Å². The number of carbonyl (C=O) groups excluding carboxylic acids is 1. The lowest BCUT2D eigenvalue weighted by Crippen LogP contribution is -2.66. The quantitative estimate of drug-likeness (QED) is 0.0887. The Balaban J connectivity index is 1.70. The minimum absolute atomic E-state index is 0.0401. The molecule has 0 saturated heterocycles. The fraction of sp³-hybridized carbons (Fsp3) is 0.517. The number of alkyl halides is 9. The van der Waals surface area contributed by atoms with Gasteiger partial charge in [-0.2, -0.15) is 39.5 Å². The number of unbranched alkanes of at least 4 members (excludes halogenated alkanes) is 3. The first kappa shape index (κ1) is 34.6. The lowest BCUT2D eigenvalue weighted by atomic mass is 9.99. The van der Waals surface area contributed by atoms with Crippen LogP contribution < -0.4 is 0 Å². The number of hydrogen-bond acceptors (Lipinski definition) is 5. The zero-order valence-electron chi connectivity index (χ0n) is 23.3. The normalized spacial score (nSPS) is 13.8. The molecule has 0 N–H and O–H groups in total. The Morgan fingerprint density at radius 2 is 1.56 bits per heavy atom. The third-order valence-corrected chi connectivity index (χ3v) is 7.61. The summed E-state index contributed by atoms with van der Waals surface area (Å²) >= 11 is 1.34.